The van der Waals surface area contributed by atoms with E-state index in [1.165, 1.54) is 12.1 Å². The van der Waals surface area contributed by atoms with Gasteiger partial charge in [0, 0.05) is 6.07 Å². The van der Waals surface area contributed by atoms with E-state index >= 15 is 0 Å². The van der Waals surface area contributed by atoms with Gasteiger partial charge in [-0.1, -0.05) is 0 Å². The van der Waals surface area contributed by atoms with Gasteiger partial charge in [0.1, 0.15) is 11.4 Å². The molecule has 0 spiro atoms. The van der Waals surface area contributed by atoms with Crippen LogP contribution in [0.15, 0.2) is 18.2 Å². The molecule has 1 saturated carbocycles. The van der Waals surface area contributed by atoms with E-state index in [0.29, 0.717) is 13.0 Å². The zero-order chi connectivity index (χ0) is 11.6. The van der Waals surface area contributed by atoms with Crippen molar-refractivity contribution in [3.05, 3.63) is 29.8 Å². The second-order valence-electron chi connectivity index (χ2n) is 4.25. The number of rotatable bonds is 4. The minimum atomic E-state index is -0.650. The normalized spacial score (nSPS) is 17.9. The van der Waals surface area contributed by atoms with E-state index in [0.717, 1.165) is 25.3 Å². The first-order valence-electron chi connectivity index (χ1n) is 5.49. The maximum atomic E-state index is 13.4. The topological polar surface area (TPSA) is 35.2 Å². The lowest BCUT2D eigenvalue weighted by molar-refractivity contribution is -0.0155. The van der Waals surface area contributed by atoms with Crippen LogP contribution in [0.3, 0.4) is 0 Å². The highest BCUT2D eigenvalue weighted by Gasteiger charge is 2.39. The van der Waals surface area contributed by atoms with E-state index in [4.69, 9.17) is 10.5 Å². The highest BCUT2D eigenvalue weighted by molar-refractivity contribution is 5.26. The van der Waals surface area contributed by atoms with Gasteiger partial charge in [-0.05, 0) is 44.4 Å². The van der Waals surface area contributed by atoms with Gasteiger partial charge in [-0.3, -0.25) is 0 Å². The second kappa shape index (κ2) is 4.37. The third-order valence-electron chi connectivity index (χ3n) is 3.09. The summed E-state index contributed by atoms with van der Waals surface area (Å²) in [5, 5.41) is 0. The van der Waals surface area contributed by atoms with Gasteiger partial charge in [0.05, 0.1) is 0 Å². The first kappa shape index (κ1) is 11.3. The minimum Gasteiger partial charge on any atom is -0.484 e. The Kier molecular flexibility index (Phi) is 3.10. The van der Waals surface area contributed by atoms with Crippen LogP contribution < -0.4 is 10.5 Å². The van der Waals surface area contributed by atoms with Crippen molar-refractivity contribution in [3.8, 4) is 5.75 Å². The Hall–Kier alpha value is -1.16. The van der Waals surface area contributed by atoms with Gasteiger partial charge in [0.15, 0.2) is 11.6 Å². The fraction of sp³-hybridized carbons (Fsp3) is 0.500. The minimum absolute atomic E-state index is 0.120. The molecule has 2 rings (SSSR count). The van der Waals surface area contributed by atoms with Crippen molar-refractivity contribution in [2.45, 2.75) is 31.3 Å². The molecule has 1 aromatic carbocycles. The van der Waals surface area contributed by atoms with E-state index in [2.05, 4.69) is 0 Å². The molecule has 0 aliphatic heterocycles. The molecule has 2 nitrogen and oxygen atoms in total. The number of hydrogen-bond acceptors (Lipinski definition) is 2. The first-order chi connectivity index (χ1) is 7.65. The Balaban J connectivity index is 2.13. The van der Waals surface area contributed by atoms with Crippen LogP contribution in [0.5, 0.6) is 5.75 Å². The molecule has 1 fully saturated rings. The SMILES string of the molecule is NCCC1(Oc2ccc(F)cc2F)CCC1. The summed E-state index contributed by atoms with van der Waals surface area (Å²) in [4.78, 5) is 0. The van der Waals surface area contributed by atoms with Gasteiger partial charge in [-0.2, -0.15) is 0 Å². The predicted molar refractivity (Wildman–Crippen MR) is 57.2 cm³/mol. The van der Waals surface area contributed by atoms with E-state index < -0.39 is 11.6 Å². The molecule has 0 radical (unpaired) electrons. The van der Waals surface area contributed by atoms with Crippen LogP contribution in [0.25, 0.3) is 0 Å². The zero-order valence-electron chi connectivity index (χ0n) is 9.01. The van der Waals surface area contributed by atoms with E-state index in [-0.39, 0.29) is 11.4 Å². The summed E-state index contributed by atoms with van der Waals surface area (Å²) in [5.74, 6) is -1.12. The zero-order valence-corrected chi connectivity index (χ0v) is 9.01. The molecule has 16 heavy (non-hydrogen) atoms. The molecule has 0 heterocycles. The van der Waals surface area contributed by atoms with Crippen molar-refractivity contribution in [2.24, 2.45) is 5.73 Å². The van der Waals surface area contributed by atoms with Gasteiger partial charge in [0.25, 0.3) is 0 Å². The fourth-order valence-electron chi connectivity index (χ4n) is 2.03. The van der Waals surface area contributed by atoms with Crippen molar-refractivity contribution >= 4 is 0 Å². The van der Waals surface area contributed by atoms with E-state index in [1.54, 1.807) is 0 Å². The molecule has 4 heteroatoms. The maximum Gasteiger partial charge on any atom is 0.168 e. The van der Waals surface area contributed by atoms with Crippen LogP contribution in [-0.2, 0) is 0 Å². The van der Waals surface area contributed by atoms with Crippen molar-refractivity contribution < 1.29 is 13.5 Å². The van der Waals surface area contributed by atoms with Crippen molar-refractivity contribution in [2.75, 3.05) is 6.54 Å². The summed E-state index contributed by atoms with van der Waals surface area (Å²) in [7, 11) is 0. The smallest absolute Gasteiger partial charge is 0.168 e. The lowest BCUT2D eigenvalue weighted by atomic mass is 9.77. The number of nitrogens with two attached hydrogens (primary N) is 1. The number of benzene rings is 1. The Labute approximate surface area is 93.4 Å². The van der Waals surface area contributed by atoms with Crippen molar-refractivity contribution in [3.63, 3.8) is 0 Å². The monoisotopic (exact) mass is 227 g/mol. The molecular formula is C12H15F2NO. The van der Waals surface area contributed by atoms with Gasteiger partial charge in [-0.25, -0.2) is 8.78 Å². The Morgan fingerprint density at radius 1 is 1.31 bits per heavy atom. The average molecular weight is 227 g/mol. The summed E-state index contributed by atoms with van der Waals surface area (Å²) in [6.45, 7) is 0.517. The number of halogens is 2. The molecule has 1 aliphatic carbocycles. The summed E-state index contributed by atoms with van der Waals surface area (Å²) in [5.41, 5.74) is 5.18. The highest BCUT2D eigenvalue weighted by atomic mass is 19.1. The van der Waals surface area contributed by atoms with E-state index in [9.17, 15) is 8.78 Å². The van der Waals surface area contributed by atoms with Gasteiger partial charge in [-0.15, -0.1) is 0 Å². The standard InChI is InChI=1S/C12H15F2NO/c13-9-2-3-11(10(14)8-9)16-12(6-7-15)4-1-5-12/h2-3,8H,1,4-7,15H2. The summed E-state index contributed by atoms with van der Waals surface area (Å²) >= 11 is 0. The summed E-state index contributed by atoms with van der Waals surface area (Å²) in [6.07, 6.45) is 3.56. The lowest BCUT2D eigenvalue weighted by Crippen LogP contribution is -2.45. The second-order valence-corrected chi connectivity index (χ2v) is 4.25. The number of hydrogen-bond donors (Lipinski definition) is 1. The maximum absolute atomic E-state index is 13.4. The van der Waals surface area contributed by atoms with Crippen LogP contribution in [0.2, 0.25) is 0 Å². The fourth-order valence-corrected chi connectivity index (χ4v) is 2.03. The summed E-state index contributed by atoms with van der Waals surface area (Å²) < 4.78 is 31.7. The van der Waals surface area contributed by atoms with Crippen LogP contribution >= 0.6 is 0 Å². The Morgan fingerprint density at radius 3 is 2.56 bits per heavy atom. The Bertz CT molecular complexity index is 377. The third-order valence-corrected chi connectivity index (χ3v) is 3.09. The first-order valence-corrected chi connectivity index (χ1v) is 5.49. The molecule has 0 saturated heterocycles. The molecule has 0 bridgehead atoms. The number of ether oxygens (including phenoxy) is 1. The van der Waals surface area contributed by atoms with Crippen molar-refractivity contribution in [1.82, 2.24) is 0 Å². The summed E-state index contributed by atoms with van der Waals surface area (Å²) in [6, 6.07) is 3.37. The molecular weight excluding hydrogens is 212 g/mol. The molecule has 1 aliphatic rings. The van der Waals surface area contributed by atoms with Crippen LogP contribution in [0.4, 0.5) is 8.78 Å². The van der Waals surface area contributed by atoms with Crippen molar-refractivity contribution in [1.29, 1.82) is 0 Å². The molecule has 1 aromatic rings. The quantitative estimate of drug-likeness (QED) is 0.858. The lowest BCUT2D eigenvalue weighted by Gasteiger charge is -2.41. The van der Waals surface area contributed by atoms with Crippen LogP contribution in [0, 0.1) is 11.6 Å². The van der Waals surface area contributed by atoms with Crippen LogP contribution in [-0.4, -0.2) is 12.1 Å². The van der Waals surface area contributed by atoms with Crippen LogP contribution in [0.1, 0.15) is 25.7 Å². The molecule has 0 unspecified atom stereocenters. The van der Waals surface area contributed by atoms with Gasteiger partial charge >= 0.3 is 0 Å². The van der Waals surface area contributed by atoms with Gasteiger partial charge < -0.3 is 10.5 Å². The molecule has 0 aromatic heterocycles. The molecule has 0 atom stereocenters. The molecule has 0 amide bonds. The largest absolute Gasteiger partial charge is 0.484 e. The average Bonchev–Trinajstić information content (AvgIpc) is 2.18. The Morgan fingerprint density at radius 2 is 2.06 bits per heavy atom. The predicted octanol–water partition coefficient (Wildman–Crippen LogP) is 2.62. The highest BCUT2D eigenvalue weighted by Crippen LogP contribution is 2.39. The van der Waals surface area contributed by atoms with E-state index in [1.807, 2.05) is 0 Å². The third kappa shape index (κ3) is 2.16. The molecule has 88 valence electrons. The molecule has 2 N–H and O–H groups in total. The van der Waals surface area contributed by atoms with Gasteiger partial charge in [0.2, 0.25) is 0 Å².